The van der Waals surface area contributed by atoms with Crippen molar-refractivity contribution in [1.82, 2.24) is 19.5 Å². The number of rotatable bonds is 16. The predicted octanol–water partition coefficient (Wildman–Crippen LogP) is 6.86. The van der Waals surface area contributed by atoms with Crippen molar-refractivity contribution in [1.29, 1.82) is 0 Å². The van der Waals surface area contributed by atoms with Gasteiger partial charge in [-0.1, -0.05) is 88.7 Å². The molecule has 0 saturated heterocycles. The molecule has 0 saturated carbocycles. The van der Waals surface area contributed by atoms with Gasteiger partial charge in [0.1, 0.15) is 11.3 Å². The summed E-state index contributed by atoms with van der Waals surface area (Å²) in [5, 5.41) is 0.533. The van der Waals surface area contributed by atoms with Crippen LogP contribution >= 0.6 is 23.2 Å². The van der Waals surface area contributed by atoms with Crippen LogP contribution in [0.1, 0.15) is 95.7 Å². The highest BCUT2D eigenvalue weighted by atomic mass is 35.5. The van der Waals surface area contributed by atoms with Crippen molar-refractivity contribution < 1.29 is 0 Å². The molecule has 29 heavy (non-hydrogen) atoms. The van der Waals surface area contributed by atoms with Crippen LogP contribution in [0.25, 0.3) is 11.2 Å². The number of aromatic nitrogens is 4. The molecular formula is C22H37Cl2N5. The third-order valence-corrected chi connectivity index (χ3v) is 5.99. The quantitative estimate of drug-likeness (QED) is 0.175. The summed E-state index contributed by atoms with van der Waals surface area (Å²) in [6.07, 6.45) is 18.6. The van der Waals surface area contributed by atoms with Gasteiger partial charge in [0.25, 0.3) is 0 Å². The second-order valence-corrected chi connectivity index (χ2v) is 8.70. The van der Waals surface area contributed by atoms with E-state index in [9.17, 15) is 0 Å². The van der Waals surface area contributed by atoms with Gasteiger partial charge in [0.15, 0.2) is 10.8 Å². The smallest absolute Gasteiger partial charge is 0.225 e. The van der Waals surface area contributed by atoms with E-state index in [1.165, 1.54) is 83.5 Å². The Kier molecular flexibility index (Phi) is 11.9. The molecular weight excluding hydrogens is 405 g/mol. The average molecular weight is 442 g/mol. The lowest BCUT2D eigenvalue weighted by molar-refractivity contribution is 0.523. The number of hydrogen-bond acceptors (Lipinski definition) is 4. The first-order valence-electron chi connectivity index (χ1n) is 11.4. The average Bonchev–Trinajstić information content (AvgIpc) is 3.00. The molecule has 0 aliphatic heterocycles. The van der Waals surface area contributed by atoms with Crippen LogP contribution in [0.15, 0.2) is 0 Å². The molecule has 0 fully saturated rings. The number of aryl methyl sites for hydroxylation is 2. The zero-order chi connectivity index (χ0) is 20.9. The number of hydrogen-bond donors (Lipinski definition) is 1. The maximum Gasteiger partial charge on any atom is 0.225 e. The third-order valence-electron chi connectivity index (χ3n) is 5.56. The second kappa shape index (κ2) is 14.2. The van der Waals surface area contributed by atoms with Gasteiger partial charge in [0.2, 0.25) is 5.28 Å². The van der Waals surface area contributed by atoms with E-state index in [1.807, 2.05) is 6.92 Å². The van der Waals surface area contributed by atoms with Crippen molar-refractivity contribution >= 4 is 34.4 Å². The molecule has 0 aliphatic rings. The Morgan fingerprint density at radius 1 is 0.690 bits per heavy atom. The number of nitrogens with two attached hydrogens (primary N) is 1. The van der Waals surface area contributed by atoms with E-state index in [-0.39, 0.29) is 5.28 Å². The van der Waals surface area contributed by atoms with Crippen LogP contribution in [-0.4, -0.2) is 26.1 Å². The standard InChI is InChI=1S/C22H37Cl2N5/c1-18-26-21-19(20(23)27-22(24)28-21)29(18)17-15-13-11-9-7-5-3-2-4-6-8-10-12-14-16-25/h2-17,25H2,1H3. The highest BCUT2D eigenvalue weighted by Gasteiger charge is 2.14. The van der Waals surface area contributed by atoms with Gasteiger partial charge in [-0.25, -0.2) is 9.97 Å². The van der Waals surface area contributed by atoms with E-state index < -0.39 is 0 Å². The van der Waals surface area contributed by atoms with E-state index in [0.29, 0.717) is 10.8 Å². The minimum Gasteiger partial charge on any atom is -0.330 e. The molecule has 2 aromatic heterocycles. The monoisotopic (exact) mass is 441 g/mol. The lowest BCUT2D eigenvalue weighted by Gasteiger charge is -2.07. The fourth-order valence-corrected chi connectivity index (χ4v) is 4.36. The summed E-state index contributed by atoms with van der Waals surface area (Å²) in [5.74, 6) is 0.915. The maximum absolute atomic E-state index is 6.25. The van der Waals surface area contributed by atoms with Crippen molar-refractivity contribution in [2.75, 3.05) is 6.54 Å². The van der Waals surface area contributed by atoms with Crippen molar-refractivity contribution in [2.45, 2.75) is 103 Å². The zero-order valence-corrected chi connectivity index (χ0v) is 19.4. The Morgan fingerprint density at radius 2 is 1.17 bits per heavy atom. The van der Waals surface area contributed by atoms with Crippen LogP contribution in [0.4, 0.5) is 0 Å². The topological polar surface area (TPSA) is 69.6 Å². The molecule has 0 spiro atoms. The lowest BCUT2D eigenvalue weighted by atomic mass is 10.0. The summed E-state index contributed by atoms with van der Waals surface area (Å²) in [6, 6.07) is 0. The Bertz CT molecular complexity index is 717. The Labute approximate surface area is 185 Å². The van der Waals surface area contributed by atoms with Gasteiger partial charge >= 0.3 is 0 Å². The fraction of sp³-hybridized carbons (Fsp3) is 0.773. The van der Waals surface area contributed by atoms with Gasteiger partial charge in [-0.2, -0.15) is 4.98 Å². The normalized spacial score (nSPS) is 11.6. The van der Waals surface area contributed by atoms with Crippen molar-refractivity contribution in [3.63, 3.8) is 0 Å². The molecule has 5 nitrogen and oxygen atoms in total. The van der Waals surface area contributed by atoms with Crippen molar-refractivity contribution in [2.24, 2.45) is 5.73 Å². The molecule has 2 N–H and O–H groups in total. The molecule has 0 unspecified atom stereocenters. The van der Waals surface area contributed by atoms with Crippen LogP contribution in [0, 0.1) is 6.92 Å². The molecule has 0 bridgehead atoms. The Balaban J connectivity index is 1.49. The highest BCUT2D eigenvalue weighted by molar-refractivity contribution is 6.35. The van der Waals surface area contributed by atoms with Crippen molar-refractivity contribution in [3.8, 4) is 0 Å². The Hall–Kier alpha value is -0.910. The van der Waals surface area contributed by atoms with Gasteiger partial charge in [0, 0.05) is 6.54 Å². The van der Waals surface area contributed by atoms with E-state index in [1.54, 1.807) is 0 Å². The Morgan fingerprint density at radius 3 is 1.69 bits per heavy atom. The van der Waals surface area contributed by atoms with Gasteiger partial charge < -0.3 is 10.3 Å². The summed E-state index contributed by atoms with van der Waals surface area (Å²) in [5.41, 5.74) is 6.90. The largest absolute Gasteiger partial charge is 0.330 e. The predicted molar refractivity (Wildman–Crippen MR) is 124 cm³/mol. The van der Waals surface area contributed by atoms with Crippen LogP contribution in [0.5, 0.6) is 0 Å². The molecule has 0 radical (unpaired) electrons. The SMILES string of the molecule is Cc1nc2nc(Cl)nc(Cl)c2n1CCCCCCCCCCCCCCCCN. The molecule has 2 rings (SSSR count). The first-order valence-corrected chi connectivity index (χ1v) is 12.1. The van der Waals surface area contributed by atoms with Gasteiger partial charge in [0.05, 0.1) is 0 Å². The van der Waals surface area contributed by atoms with Crippen molar-refractivity contribution in [3.05, 3.63) is 16.3 Å². The van der Waals surface area contributed by atoms with E-state index in [4.69, 9.17) is 28.9 Å². The minimum atomic E-state index is 0.148. The highest BCUT2D eigenvalue weighted by Crippen LogP contribution is 2.24. The summed E-state index contributed by atoms with van der Waals surface area (Å²) >= 11 is 12.1. The summed E-state index contributed by atoms with van der Waals surface area (Å²) in [4.78, 5) is 12.7. The molecule has 0 atom stereocenters. The fourth-order valence-electron chi connectivity index (χ4n) is 3.89. The molecule has 2 heterocycles. The van der Waals surface area contributed by atoms with Gasteiger partial charge in [-0.3, -0.25) is 0 Å². The van der Waals surface area contributed by atoms with Gasteiger partial charge in [-0.05, 0) is 37.9 Å². The van der Waals surface area contributed by atoms with E-state index in [0.717, 1.165) is 30.9 Å². The third kappa shape index (κ3) is 8.77. The lowest BCUT2D eigenvalue weighted by Crippen LogP contribution is -2.01. The molecule has 7 heteroatoms. The van der Waals surface area contributed by atoms with Crippen LogP contribution in [0.2, 0.25) is 10.4 Å². The molecule has 164 valence electrons. The summed E-state index contributed by atoms with van der Waals surface area (Å²) in [7, 11) is 0. The molecule has 0 amide bonds. The number of halogens is 2. The maximum atomic E-state index is 6.25. The van der Waals surface area contributed by atoms with E-state index >= 15 is 0 Å². The number of imidazole rings is 1. The molecule has 2 aromatic rings. The summed E-state index contributed by atoms with van der Waals surface area (Å²) < 4.78 is 2.12. The van der Waals surface area contributed by atoms with Crippen LogP contribution < -0.4 is 5.73 Å². The zero-order valence-electron chi connectivity index (χ0n) is 17.9. The van der Waals surface area contributed by atoms with Crippen LogP contribution in [-0.2, 0) is 6.54 Å². The minimum absolute atomic E-state index is 0.148. The number of unbranched alkanes of at least 4 members (excludes halogenated alkanes) is 13. The molecule has 0 aromatic carbocycles. The van der Waals surface area contributed by atoms with Crippen LogP contribution in [0.3, 0.4) is 0 Å². The second-order valence-electron chi connectivity index (χ2n) is 8.00. The first kappa shape index (κ1) is 24.4. The summed E-state index contributed by atoms with van der Waals surface area (Å²) in [6.45, 7) is 3.73. The number of nitrogens with zero attached hydrogens (tertiary/aromatic N) is 4. The first-order chi connectivity index (χ1) is 14.1. The van der Waals surface area contributed by atoms with E-state index in [2.05, 4.69) is 19.5 Å². The molecule has 0 aliphatic carbocycles. The number of fused-ring (bicyclic) bond motifs is 1. The van der Waals surface area contributed by atoms with Gasteiger partial charge in [-0.15, -0.1) is 0 Å².